The maximum absolute atomic E-state index is 6.20. The van der Waals surface area contributed by atoms with E-state index < -0.39 is 0 Å². The molecule has 0 unspecified atom stereocenters. The molecule has 0 radical (unpaired) electrons. The highest BCUT2D eigenvalue weighted by Crippen LogP contribution is 2.27. The lowest BCUT2D eigenvalue weighted by Crippen LogP contribution is -2.04. The first kappa shape index (κ1) is 15.3. The van der Waals surface area contributed by atoms with Crippen LogP contribution in [0, 0.1) is 6.92 Å². The molecule has 0 aliphatic rings. The van der Waals surface area contributed by atoms with Crippen LogP contribution >= 0.6 is 11.6 Å². The van der Waals surface area contributed by atoms with Crippen LogP contribution in [0.5, 0.6) is 0 Å². The normalized spacial score (nSPS) is 11.0. The zero-order valence-electron chi connectivity index (χ0n) is 13.2. The first-order valence-electron chi connectivity index (χ1n) is 7.50. The van der Waals surface area contributed by atoms with Gasteiger partial charge in [-0.05, 0) is 42.8 Å². The van der Waals surface area contributed by atoms with Crippen LogP contribution in [-0.2, 0) is 0 Å². The number of para-hydroxylation sites is 1. The Morgan fingerprint density at radius 1 is 1.08 bits per heavy atom. The van der Waals surface area contributed by atoms with Crippen LogP contribution in [0.3, 0.4) is 0 Å². The van der Waals surface area contributed by atoms with Gasteiger partial charge in [-0.3, -0.25) is 0 Å². The lowest BCUT2D eigenvalue weighted by atomic mass is 10.2. The Balaban J connectivity index is 1.72. The lowest BCUT2D eigenvalue weighted by molar-refractivity contribution is 0.431. The second-order valence-electron chi connectivity index (χ2n) is 5.45. The lowest BCUT2D eigenvalue weighted by Gasteiger charge is -2.05. The third-order valence-electron chi connectivity index (χ3n) is 3.78. The van der Waals surface area contributed by atoms with Crippen LogP contribution in [0.15, 0.2) is 53.1 Å². The molecule has 0 atom stereocenters. The highest BCUT2D eigenvalue weighted by Gasteiger charge is 2.20. The van der Waals surface area contributed by atoms with Gasteiger partial charge in [-0.1, -0.05) is 40.2 Å². The summed E-state index contributed by atoms with van der Waals surface area (Å²) in [6.45, 7) is 1.97. The van der Waals surface area contributed by atoms with E-state index in [2.05, 4.69) is 20.5 Å². The largest absolute Gasteiger partial charge is 0.382 e. The van der Waals surface area contributed by atoms with Gasteiger partial charge in [0.15, 0.2) is 11.5 Å². The Labute approximate surface area is 148 Å². The Morgan fingerprint density at radius 2 is 1.84 bits per heavy atom. The van der Waals surface area contributed by atoms with Crippen LogP contribution in [-0.4, -0.2) is 25.1 Å². The topological polar surface area (TPSA) is 95.6 Å². The van der Waals surface area contributed by atoms with E-state index >= 15 is 0 Å². The van der Waals surface area contributed by atoms with Gasteiger partial charge >= 0.3 is 0 Å². The molecule has 0 saturated carbocycles. The molecule has 0 aliphatic heterocycles. The summed E-state index contributed by atoms with van der Waals surface area (Å²) >= 11 is 5.89. The van der Waals surface area contributed by atoms with E-state index in [1.165, 1.54) is 0 Å². The first-order valence-corrected chi connectivity index (χ1v) is 7.88. The molecular weight excluding hydrogens is 340 g/mol. The minimum absolute atomic E-state index is 0.210. The molecular formula is C17H13ClN6O. The number of anilines is 1. The average Bonchev–Trinajstić information content (AvgIpc) is 3.23. The fourth-order valence-corrected chi connectivity index (χ4v) is 2.58. The van der Waals surface area contributed by atoms with Gasteiger partial charge in [-0.15, -0.1) is 5.10 Å². The van der Waals surface area contributed by atoms with Gasteiger partial charge < -0.3 is 10.3 Å². The molecule has 0 saturated heterocycles. The van der Waals surface area contributed by atoms with E-state index in [0.717, 1.165) is 16.8 Å². The number of aromatic nitrogens is 5. The molecule has 0 aliphatic carbocycles. The fourth-order valence-electron chi connectivity index (χ4n) is 2.46. The zero-order chi connectivity index (χ0) is 17.4. The maximum Gasteiger partial charge on any atom is 0.282 e. The van der Waals surface area contributed by atoms with E-state index in [0.29, 0.717) is 22.4 Å². The number of hydrogen-bond acceptors (Lipinski definition) is 6. The molecule has 2 aromatic heterocycles. The third-order valence-corrected chi connectivity index (χ3v) is 4.03. The minimum atomic E-state index is 0.210. The van der Waals surface area contributed by atoms with Crippen molar-refractivity contribution in [3.05, 3.63) is 59.1 Å². The molecule has 0 spiro atoms. The fraction of sp³-hybridized carbons (Fsp3) is 0.0588. The van der Waals surface area contributed by atoms with Crippen molar-refractivity contribution in [2.45, 2.75) is 6.92 Å². The van der Waals surface area contributed by atoms with Gasteiger partial charge in [0, 0.05) is 10.6 Å². The Bertz CT molecular complexity index is 1040. The smallest absolute Gasteiger partial charge is 0.282 e. The minimum Gasteiger partial charge on any atom is -0.382 e. The average molecular weight is 353 g/mol. The van der Waals surface area contributed by atoms with Crippen molar-refractivity contribution in [1.82, 2.24) is 25.1 Å². The van der Waals surface area contributed by atoms with Gasteiger partial charge in [0.1, 0.15) is 0 Å². The summed E-state index contributed by atoms with van der Waals surface area (Å²) in [4.78, 5) is 4.35. The number of rotatable bonds is 3. The van der Waals surface area contributed by atoms with Gasteiger partial charge in [0.2, 0.25) is 5.82 Å². The second kappa shape index (κ2) is 6.03. The SMILES string of the molecule is Cc1ccccc1-n1nnc(-c2nc(-c3ccc(Cl)cc3)no2)c1N. The van der Waals surface area contributed by atoms with Crippen molar-refractivity contribution in [3.63, 3.8) is 0 Å². The second-order valence-corrected chi connectivity index (χ2v) is 5.89. The van der Waals surface area contributed by atoms with E-state index in [9.17, 15) is 0 Å². The van der Waals surface area contributed by atoms with Crippen molar-refractivity contribution in [3.8, 4) is 28.7 Å². The van der Waals surface area contributed by atoms with Gasteiger partial charge in [-0.2, -0.15) is 9.67 Å². The predicted molar refractivity (Wildman–Crippen MR) is 94.2 cm³/mol. The van der Waals surface area contributed by atoms with Crippen LogP contribution in [0.1, 0.15) is 5.56 Å². The first-order chi connectivity index (χ1) is 12.1. The van der Waals surface area contributed by atoms with E-state index in [-0.39, 0.29) is 5.89 Å². The summed E-state index contributed by atoms with van der Waals surface area (Å²) in [6.07, 6.45) is 0. The number of benzene rings is 2. The van der Waals surface area contributed by atoms with Crippen molar-refractivity contribution >= 4 is 17.4 Å². The monoisotopic (exact) mass is 352 g/mol. The molecule has 25 heavy (non-hydrogen) atoms. The van der Waals surface area contributed by atoms with E-state index in [4.69, 9.17) is 21.9 Å². The van der Waals surface area contributed by atoms with Gasteiger partial charge in [0.05, 0.1) is 5.69 Å². The number of nitrogen functional groups attached to an aromatic ring is 1. The highest BCUT2D eigenvalue weighted by molar-refractivity contribution is 6.30. The Kier molecular flexibility index (Phi) is 3.70. The van der Waals surface area contributed by atoms with E-state index in [1.807, 2.05) is 43.3 Å². The van der Waals surface area contributed by atoms with Crippen molar-refractivity contribution in [2.75, 3.05) is 5.73 Å². The molecule has 2 heterocycles. The molecule has 0 fully saturated rings. The van der Waals surface area contributed by atoms with Crippen LogP contribution in [0.2, 0.25) is 5.02 Å². The number of nitrogens with zero attached hydrogens (tertiary/aromatic N) is 5. The van der Waals surface area contributed by atoms with Gasteiger partial charge in [0.25, 0.3) is 5.89 Å². The molecule has 2 aromatic carbocycles. The highest BCUT2D eigenvalue weighted by atomic mass is 35.5. The Morgan fingerprint density at radius 3 is 2.60 bits per heavy atom. The summed E-state index contributed by atoms with van der Waals surface area (Å²) < 4.78 is 6.86. The zero-order valence-corrected chi connectivity index (χ0v) is 14.0. The standard InChI is InChI=1S/C17H13ClN6O/c1-10-4-2-3-5-13(10)24-15(19)14(21-23-24)17-20-16(22-25-17)11-6-8-12(18)9-7-11/h2-9H,19H2,1H3. The predicted octanol–water partition coefficient (Wildman–Crippen LogP) is 3.53. The van der Waals surface area contributed by atoms with Crippen LogP contribution in [0.4, 0.5) is 5.82 Å². The third kappa shape index (κ3) is 2.74. The summed E-state index contributed by atoms with van der Waals surface area (Å²) in [7, 11) is 0. The van der Waals surface area contributed by atoms with Gasteiger partial charge in [-0.25, -0.2) is 0 Å². The molecule has 4 rings (SSSR count). The van der Waals surface area contributed by atoms with Crippen molar-refractivity contribution < 1.29 is 4.52 Å². The van der Waals surface area contributed by atoms with Crippen LogP contribution < -0.4 is 5.73 Å². The molecule has 4 aromatic rings. The van der Waals surface area contributed by atoms with Crippen LogP contribution in [0.25, 0.3) is 28.7 Å². The number of hydrogen-bond donors (Lipinski definition) is 1. The molecule has 8 heteroatoms. The number of nitrogens with two attached hydrogens (primary N) is 1. The maximum atomic E-state index is 6.20. The molecule has 7 nitrogen and oxygen atoms in total. The number of halogens is 1. The summed E-state index contributed by atoms with van der Waals surface area (Å²) in [5, 5.41) is 12.8. The molecule has 124 valence electrons. The van der Waals surface area contributed by atoms with E-state index in [1.54, 1.807) is 16.8 Å². The number of aryl methyl sites for hydroxylation is 1. The summed E-state index contributed by atoms with van der Waals surface area (Å²) in [5.74, 6) is 0.972. The Hall–Kier alpha value is -3.19. The van der Waals surface area contributed by atoms with Crippen molar-refractivity contribution in [1.29, 1.82) is 0 Å². The van der Waals surface area contributed by atoms with Crippen molar-refractivity contribution in [2.24, 2.45) is 0 Å². The summed E-state index contributed by atoms with van der Waals surface area (Å²) in [6, 6.07) is 14.9. The summed E-state index contributed by atoms with van der Waals surface area (Å²) in [5.41, 5.74) is 9.19. The molecule has 0 amide bonds. The quantitative estimate of drug-likeness (QED) is 0.606. The molecule has 0 bridgehead atoms. The molecule has 2 N–H and O–H groups in total.